The molecule has 0 saturated heterocycles. The van der Waals surface area contributed by atoms with Gasteiger partial charge in [0.05, 0.1) is 0 Å². The molecule has 2 aromatic rings. The predicted octanol–water partition coefficient (Wildman–Crippen LogP) is 3.03. The Morgan fingerprint density at radius 1 is 0.636 bits per heavy atom. The maximum atomic E-state index is 9.67. The average molecular weight is 300 g/mol. The summed E-state index contributed by atoms with van der Waals surface area (Å²) in [6, 6.07) is 6.03. The third-order valence-electron chi connectivity index (χ3n) is 4.21. The highest BCUT2D eigenvalue weighted by Crippen LogP contribution is 2.35. The Morgan fingerprint density at radius 2 is 0.864 bits per heavy atom. The van der Waals surface area contributed by atoms with Gasteiger partial charge in [-0.15, -0.1) is 0 Å². The van der Waals surface area contributed by atoms with Crippen molar-refractivity contribution in [3.05, 3.63) is 57.6 Å². The van der Waals surface area contributed by atoms with Crippen LogP contribution < -0.4 is 11.5 Å². The standard InChI is InChI=1S/C18H24N2O2/c1-9-5-13(21)6-10(2)15(9)17(19)18(20)16-11(3)7-14(22)8-12(16)4/h5-8,17-18,21-22H,19-20H2,1-4H3. The van der Waals surface area contributed by atoms with Gasteiger partial charge in [-0.2, -0.15) is 0 Å². The quantitative estimate of drug-likeness (QED) is 0.701. The number of aryl methyl sites for hydroxylation is 4. The molecule has 2 atom stereocenters. The van der Waals surface area contributed by atoms with E-state index in [1.165, 1.54) is 0 Å². The molecule has 118 valence electrons. The molecule has 2 rings (SSSR count). The van der Waals surface area contributed by atoms with E-state index in [4.69, 9.17) is 11.5 Å². The van der Waals surface area contributed by atoms with Crippen LogP contribution in [0.5, 0.6) is 11.5 Å². The monoisotopic (exact) mass is 300 g/mol. The fourth-order valence-electron chi connectivity index (χ4n) is 3.31. The number of hydrogen-bond acceptors (Lipinski definition) is 4. The maximum absolute atomic E-state index is 9.67. The zero-order chi connectivity index (χ0) is 16.6. The third kappa shape index (κ3) is 2.93. The lowest BCUT2D eigenvalue weighted by Crippen LogP contribution is -2.29. The van der Waals surface area contributed by atoms with E-state index >= 15 is 0 Å². The number of benzene rings is 2. The van der Waals surface area contributed by atoms with E-state index in [9.17, 15) is 10.2 Å². The van der Waals surface area contributed by atoms with Crippen LogP contribution in [0, 0.1) is 27.7 Å². The van der Waals surface area contributed by atoms with E-state index in [1.807, 2.05) is 27.7 Å². The summed E-state index contributed by atoms with van der Waals surface area (Å²) in [7, 11) is 0. The van der Waals surface area contributed by atoms with Crippen LogP contribution in [0.3, 0.4) is 0 Å². The maximum Gasteiger partial charge on any atom is 0.116 e. The van der Waals surface area contributed by atoms with Crippen molar-refractivity contribution in [3.8, 4) is 11.5 Å². The van der Waals surface area contributed by atoms with Gasteiger partial charge in [0.15, 0.2) is 0 Å². The summed E-state index contributed by atoms with van der Waals surface area (Å²) >= 11 is 0. The summed E-state index contributed by atoms with van der Waals surface area (Å²) in [5.74, 6) is 0.466. The highest BCUT2D eigenvalue weighted by Gasteiger charge is 2.24. The molecule has 0 radical (unpaired) electrons. The summed E-state index contributed by atoms with van der Waals surface area (Å²) < 4.78 is 0. The van der Waals surface area contributed by atoms with Crippen molar-refractivity contribution >= 4 is 0 Å². The molecule has 0 saturated carbocycles. The zero-order valence-corrected chi connectivity index (χ0v) is 13.5. The molecule has 0 aliphatic heterocycles. The molecular weight excluding hydrogens is 276 g/mol. The Kier molecular flexibility index (Phi) is 4.44. The molecule has 0 heterocycles. The van der Waals surface area contributed by atoms with Gasteiger partial charge >= 0.3 is 0 Å². The first-order chi connectivity index (χ1) is 10.2. The number of aromatic hydroxyl groups is 2. The van der Waals surface area contributed by atoms with Crippen LogP contribution >= 0.6 is 0 Å². The molecular formula is C18H24N2O2. The third-order valence-corrected chi connectivity index (χ3v) is 4.21. The highest BCUT2D eigenvalue weighted by atomic mass is 16.3. The normalized spacial score (nSPS) is 13.9. The van der Waals surface area contributed by atoms with Crippen molar-refractivity contribution in [2.45, 2.75) is 39.8 Å². The second-order valence-corrected chi connectivity index (χ2v) is 6.04. The Bertz CT molecular complexity index is 603. The molecule has 0 spiro atoms. The summed E-state index contributed by atoms with van der Waals surface area (Å²) in [5.41, 5.74) is 18.5. The van der Waals surface area contributed by atoms with E-state index in [1.54, 1.807) is 24.3 Å². The van der Waals surface area contributed by atoms with Crippen LogP contribution in [-0.4, -0.2) is 10.2 Å². The van der Waals surface area contributed by atoms with Crippen molar-refractivity contribution in [2.75, 3.05) is 0 Å². The fourth-order valence-corrected chi connectivity index (χ4v) is 3.31. The lowest BCUT2D eigenvalue weighted by molar-refractivity contribution is 0.470. The topological polar surface area (TPSA) is 92.5 Å². The minimum atomic E-state index is -0.387. The first kappa shape index (κ1) is 16.3. The van der Waals surface area contributed by atoms with Crippen LogP contribution in [-0.2, 0) is 0 Å². The molecule has 0 aliphatic rings. The summed E-state index contributed by atoms with van der Waals surface area (Å²) in [6.07, 6.45) is 0. The van der Waals surface area contributed by atoms with Gasteiger partial charge in [0, 0.05) is 12.1 Å². The average Bonchev–Trinajstić information content (AvgIpc) is 2.35. The van der Waals surface area contributed by atoms with Crippen LogP contribution in [0.25, 0.3) is 0 Å². The van der Waals surface area contributed by atoms with Gasteiger partial charge in [-0.1, -0.05) is 0 Å². The minimum absolute atomic E-state index is 0.233. The van der Waals surface area contributed by atoms with E-state index in [0.29, 0.717) is 0 Å². The Hall–Kier alpha value is -2.04. The van der Waals surface area contributed by atoms with Crippen LogP contribution in [0.4, 0.5) is 0 Å². The first-order valence-electron chi connectivity index (χ1n) is 7.33. The molecule has 0 aromatic heterocycles. The van der Waals surface area contributed by atoms with E-state index < -0.39 is 0 Å². The summed E-state index contributed by atoms with van der Waals surface area (Å²) in [5, 5.41) is 19.3. The molecule has 6 N–H and O–H groups in total. The lowest BCUT2D eigenvalue weighted by Gasteiger charge is -2.27. The highest BCUT2D eigenvalue weighted by molar-refractivity contribution is 5.47. The number of hydrogen-bond donors (Lipinski definition) is 4. The predicted molar refractivity (Wildman–Crippen MR) is 89.0 cm³/mol. The molecule has 2 unspecified atom stereocenters. The van der Waals surface area contributed by atoms with Crippen molar-refractivity contribution in [2.24, 2.45) is 11.5 Å². The van der Waals surface area contributed by atoms with Gasteiger partial charge < -0.3 is 21.7 Å². The van der Waals surface area contributed by atoms with Gasteiger partial charge in [-0.3, -0.25) is 0 Å². The lowest BCUT2D eigenvalue weighted by atomic mass is 9.85. The first-order valence-corrected chi connectivity index (χ1v) is 7.33. The molecule has 2 aromatic carbocycles. The van der Waals surface area contributed by atoms with Crippen molar-refractivity contribution in [3.63, 3.8) is 0 Å². The Balaban J connectivity index is 2.49. The van der Waals surface area contributed by atoms with Crippen molar-refractivity contribution in [1.82, 2.24) is 0 Å². The fraction of sp³-hybridized carbons (Fsp3) is 0.333. The van der Waals surface area contributed by atoms with Gasteiger partial charge in [0.1, 0.15) is 11.5 Å². The summed E-state index contributed by atoms with van der Waals surface area (Å²) in [6.45, 7) is 7.69. The molecule has 0 amide bonds. The van der Waals surface area contributed by atoms with Crippen molar-refractivity contribution < 1.29 is 10.2 Å². The molecule has 0 fully saturated rings. The van der Waals surface area contributed by atoms with Gasteiger partial charge in [-0.25, -0.2) is 0 Å². The molecule has 22 heavy (non-hydrogen) atoms. The largest absolute Gasteiger partial charge is 0.508 e. The van der Waals surface area contributed by atoms with Gasteiger partial charge in [0.25, 0.3) is 0 Å². The molecule has 0 aliphatic carbocycles. The summed E-state index contributed by atoms with van der Waals surface area (Å²) in [4.78, 5) is 0. The molecule has 4 heteroatoms. The Labute approximate surface area is 131 Å². The second-order valence-electron chi connectivity index (χ2n) is 6.04. The minimum Gasteiger partial charge on any atom is -0.508 e. The number of rotatable bonds is 3. The second kappa shape index (κ2) is 5.99. The van der Waals surface area contributed by atoms with E-state index in [0.717, 1.165) is 33.4 Å². The molecule has 0 bridgehead atoms. The zero-order valence-electron chi connectivity index (χ0n) is 13.5. The van der Waals surface area contributed by atoms with E-state index in [2.05, 4.69) is 0 Å². The van der Waals surface area contributed by atoms with Crippen LogP contribution in [0.2, 0.25) is 0 Å². The van der Waals surface area contributed by atoms with E-state index in [-0.39, 0.29) is 23.6 Å². The smallest absolute Gasteiger partial charge is 0.116 e. The number of phenolic OH excluding ortho intramolecular Hbond substituents is 2. The van der Waals surface area contributed by atoms with Crippen molar-refractivity contribution in [1.29, 1.82) is 0 Å². The van der Waals surface area contributed by atoms with Crippen LogP contribution in [0.1, 0.15) is 45.5 Å². The number of phenols is 2. The Morgan fingerprint density at radius 3 is 1.09 bits per heavy atom. The SMILES string of the molecule is Cc1cc(O)cc(C)c1C(N)C(N)c1c(C)cc(O)cc1C. The van der Waals surface area contributed by atoms with Crippen LogP contribution in [0.15, 0.2) is 24.3 Å². The number of nitrogens with two attached hydrogens (primary N) is 2. The van der Waals surface area contributed by atoms with Gasteiger partial charge in [0.2, 0.25) is 0 Å². The molecule has 4 nitrogen and oxygen atoms in total. The van der Waals surface area contributed by atoms with Gasteiger partial charge in [-0.05, 0) is 85.3 Å².